The van der Waals surface area contributed by atoms with E-state index >= 15 is 0 Å². The SMILES string of the molecule is CC(COCCOC(=O)C(C)Oc1ccc(Oc2ccc(F)cn2)cc1)OCCOC(=O)C(C)Oc1ccc(Oc2ccc(F)cn2)cc1. The smallest absolute Gasteiger partial charge is 0.347 e. The quantitative estimate of drug-likeness (QED) is 0.0838. The topological polar surface area (TPSA) is 134 Å². The number of hydrogen-bond acceptors (Lipinski definition) is 12. The standard InChI is InChI=1S/C35H36F2N2O10/c1-23(43-18-19-45-35(41)25(3)47-29-8-12-31(13-9-29)49-33-15-5-27(37)21-39-33)22-42-16-17-44-34(40)24(2)46-28-6-10-30(11-7-28)48-32-14-4-26(36)20-38-32/h4-15,20-21,23-25H,16-19,22H2,1-3H3. The summed E-state index contributed by atoms with van der Waals surface area (Å²) in [6.45, 7) is 5.49. The van der Waals surface area contributed by atoms with Crippen LogP contribution in [-0.2, 0) is 28.5 Å². The van der Waals surface area contributed by atoms with Gasteiger partial charge in [0.2, 0.25) is 11.8 Å². The van der Waals surface area contributed by atoms with E-state index < -0.39 is 35.8 Å². The first-order chi connectivity index (χ1) is 23.6. The lowest BCUT2D eigenvalue weighted by Crippen LogP contribution is -2.28. The van der Waals surface area contributed by atoms with E-state index in [1.807, 2.05) is 0 Å². The highest BCUT2D eigenvalue weighted by Crippen LogP contribution is 2.24. The molecular weight excluding hydrogens is 646 g/mol. The Morgan fingerprint density at radius 2 is 1.02 bits per heavy atom. The summed E-state index contributed by atoms with van der Waals surface area (Å²) in [5, 5.41) is 0. The molecule has 12 nitrogen and oxygen atoms in total. The predicted octanol–water partition coefficient (Wildman–Crippen LogP) is 6.08. The van der Waals surface area contributed by atoms with E-state index in [-0.39, 0.29) is 50.9 Å². The maximum atomic E-state index is 13.0. The summed E-state index contributed by atoms with van der Waals surface area (Å²) in [6, 6.07) is 18.3. The van der Waals surface area contributed by atoms with Crippen LogP contribution in [-0.4, -0.2) is 73.3 Å². The number of benzene rings is 2. The summed E-state index contributed by atoms with van der Waals surface area (Å²) < 4.78 is 69.8. The van der Waals surface area contributed by atoms with Gasteiger partial charge in [-0.1, -0.05) is 0 Å². The van der Waals surface area contributed by atoms with Crippen LogP contribution in [0.3, 0.4) is 0 Å². The summed E-state index contributed by atoms with van der Waals surface area (Å²) >= 11 is 0. The molecule has 0 spiro atoms. The van der Waals surface area contributed by atoms with Crippen LogP contribution in [0.1, 0.15) is 20.8 Å². The van der Waals surface area contributed by atoms with Crippen LogP contribution in [0.15, 0.2) is 85.2 Å². The Labute approximate surface area is 281 Å². The zero-order valence-corrected chi connectivity index (χ0v) is 27.1. The van der Waals surface area contributed by atoms with Gasteiger partial charge in [0.15, 0.2) is 12.2 Å². The third kappa shape index (κ3) is 13.0. The number of hydrogen-bond donors (Lipinski definition) is 0. The minimum absolute atomic E-state index is 0.0189. The number of carbonyl (C=O) groups excluding carboxylic acids is 2. The summed E-state index contributed by atoms with van der Waals surface area (Å²) in [5.74, 6) is 0.221. The van der Waals surface area contributed by atoms with Gasteiger partial charge in [0.05, 0.1) is 38.3 Å². The van der Waals surface area contributed by atoms with E-state index in [1.54, 1.807) is 69.3 Å². The van der Waals surface area contributed by atoms with E-state index in [0.717, 1.165) is 12.4 Å². The summed E-state index contributed by atoms with van der Waals surface area (Å²) in [7, 11) is 0. The normalized spacial score (nSPS) is 12.7. The van der Waals surface area contributed by atoms with Crippen LogP contribution >= 0.6 is 0 Å². The molecule has 0 fully saturated rings. The summed E-state index contributed by atoms with van der Waals surface area (Å²) in [5.41, 5.74) is 0. The number of pyridine rings is 2. The van der Waals surface area contributed by atoms with E-state index in [2.05, 4.69) is 9.97 Å². The molecule has 0 N–H and O–H groups in total. The van der Waals surface area contributed by atoms with Gasteiger partial charge < -0.3 is 37.9 Å². The first-order valence-electron chi connectivity index (χ1n) is 15.3. The molecule has 0 aliphatic rings. The Morgan fingerprint density at radius 3 is 1.45 bits per heavy atom. The number of halogens is 2. The van der Waals surface area contributed by atoms with Crippen molar-refractivity contribution in [2.24, 2.45) is 0 Å². The number of nitrogens with zero attached hydrogens (tertiary/aromatic N) is 2. The highest BCUT2D eigenvalue weighted by molar-refractivity contribution is 5.75. The molecule has 2 heterocycles. The van der Waals surface area contributed by atoms with E-state index in [0.29, 0.717) is 23.0 Å². The van der Waals surface area contributed by atoms with Crippen molar-refractivity contribution < 1.29 is 56.3 Å². The lowest BCUT2D eigenvalue weighted by molar-refractivity contribution is -0.155. The van der Waals surface area contributed by atoms with Gasteiger partial charge in [-0.3, -0.25) is 0 Å². The fourth-order valence-corrected chi connectivity index (χ4v) is 3.89. The van der Waals surface area contributed by atoms with Crippen molar-refractivity contribution in [2.75, 3.05) is 33.0 Å². The molecule has 14 heteroatoms. The molecule has 2 aromatic heterocycles. The number of ether oxygens (including phenoxy) is 8. The lowest BCUT2D eigenvalue weighted by atomic mass is 10.3. The minimum Gasteiger partial charge on any atom is -0.479 e. The van der Waals surface area contributed by atoms with Crippen molar-refractivity contribution in [2.45, 2.75) is 39.1 Å². The van der Waals surface area contributed by atoms with Gasteiger partial charge in [-0.05, 0) is 81.4 Å². The van der Waals surface area contributed by atoms with Gasteiger partial charge in [0.25, 0.3) is 0 Å². The number of carbonyl (C=O) groups is 2. The molecule has 0 amide bonds. The second-order valence-electron chi connectivity index (χ2n) is 10.4. The maximum absolute atomic E-state index is 13.0. The largest absolute Gasteiger partial charge is 0.479 e. The van der Waals surface area contributed by atoms with Crippen molar-refractivity contribution in [3.8, 4) is 34.8 Å². The van der Waals surface area contributed by atoms with Crippen molar-refractivity contribution in [3.05, 3.63) is 96.8 Å². The fourth-order valence-electron chi connectivity index (χ4n) is 3.89. The maximum Gasteiger partial charge on any atom is 0.347 e. The zero-order valence-electron chi connectivity index (χ0n) is 27.1. The van der Waals surface area contributed by atoms with Crippen molar-refractivity contribution in [1.82, 2.24) is 9.97 Å². The average Bonchev–Trinajstić information content (AvgIpc) is 3.10. The number of esters is 2. The number of rotatable bonds is 19. The fraction of sp³-hybridized carbons (Fsp3) is 0.314. The van der Waals surface area contributed by atoms with Crippen LogP contribution < -0.4 is 18.9 Å². The highest BCUT2D eigenvalue weighted by atomic mass is 19.1. The van der Waals surface area contributed by atoms with Gasteiger partial charge in [-0.25, -0.2) is 28.3 Å². The van der Waals surface area contributed by atoms with Gasteiger partial charge >= 0.3 is 11.9 Å². The Balaban J connectivity index is 1.02. The van der Waals surface area contributed by atoms with Gasteiger partial charge in [-0.15, -0.1) is 0 Å². The highest BCUT2D eigenvalue weighted by Gasteiger charge is 2.18. The molecular formula is C35H36F2N2O10. The molecule has 0 saturated heterocycles. The first-order valence-corrected chi connectivity index (χ1v) is 15.3. The molecule has 260 valence electrons. The zero-order chi connectivity index (χ0) is 35.0. The molecule has 4 rings (SSSR count). The monoisotopic (exact) mass is 682 g/mol. The molecule has 49 heavy (non-hydrogen) atoms. The average molecular weight is 683 g/mol. The van der Waals surface area contributed by atoms with Crippen molar-refractivity contribution >= 4 is 11.9 Å². The van der Waals surface area contributed by atoms with E-state index in [9.17, 15) is 18.4 Å². The Kier molecular flexibility index (Phi) is 14.0. The molecule has 4 aromatic rings. The molecule has 3 unspecified atom stereocenters. The second kappa shape index (κ2) is 18.9. The van der Waals surface area contributed by atoms with Gasteiger partial charge in [-0.2, -0.15) is 0 Å². The predicted molar refractivity (Wildman–Crippen MR) is 170 cm³/mol. The van der Waals surface area contributed by atoms with Crippen molar-refractivity contribution in [1.29, 1.82) is 0 Å². The van der Waals surface area contributed by atoms with Crippen LogP contribution in [0.4, 0.5) is 8.78 Å². The van der Waals surface area contributed by atoms with Gasteiger partial charge in [0, 0.05) is 12.1 Å². The number of aromatic nitrogens is 2. The molecule has 0 bridgehead atoms. The van der Waals surface area contributed by atoms with E-state index in [1.165, 1.54) is 24.3 Å². The molecule has 0 aliphatic carbocycles. The Hall–Kier alpha value is -5.34. The first kappa shape index (κ1) is 36.5. The Bertz CT molecular complexity index is 1590. The Morgan fingerprint density at radius 1 is 0.592 bits per heavy atom. The third-order valence-corrected chi connectivity index (χ3v) is 6.34. The lowest BCUT2D eigenvalue weighted by Gasteiger charge is -2.16. The van der Waals surface area contributed by atoms with Gasteiger partial charge in [0.1, 0.15) is 47.8 Å². The van der Waals surface area contributed by atoms with E-state index in [4.69, 9.17) is 37.9 Å². The van der Waals surface area contributed by atoms with Crippen LogP contribution in [0.25, 0.3) is 0 Å². The second-order valence-corrected chi connectivity index (χ2v) is 10.4. The third-order valence-electron chi connectivity index (χ3n) is 6.34. The van der Waals surface area contributed by atoms with Crippen molar-refractivity contribution in [3.63, 3.8) is 0 Å². The molecule has 3 atom stereocenters. The molecule has 0 aliphatic heterocycles. The summed E-state index contributed by atoms with van der Waals surface area (Å²) in [4.78, 5) is 32.3. The minimum atomic E-state index is -0.867. The molecule has 0 saturated carbocycles. The molecule has 0 radical (unpaired) electrons. The van der Waals surface area contributed by atoms with Crippen LogP contribution in [0.5, 0.6) is 34.8 Å². The molecule has 2 aromatic carbocycles. The summed E-state index contributed by atoms with van der Waals surface area (Å²) in [6.07, 6.45) is 0.0755. The van der Waals surface area contributed by atoms with Crippen LogP contribution in [0, 0.1) is 11.6 Å². The van der Waals surface area contributed by atoms with Crippen LogP contribution in [0.2, 0.25) is 0 Å².